The third-order valence-corrected chi connectivity index (χ3v) is 1.87. The number of carbonyl (C=O) groups is 2. The van der Waals surface area contributed by atoms with E-state index in [2.05, 4.69) is 4.79 Å². The maximum absolute atomic E-state index is 11.2. The fourth-order valence-electron chi connectivity index (χ4n) is 1.15. The third kappa shape index (κ3) is 2.37. The van der Waals surface area contributed by atoms with Crippen molar-refractivity contribution in [2.24, 2.45) is 0 Å². The molecule has 1 aliphatic rings. The summed E-state index contributed by atoms with van der Waals surface area (Å²) in [6.07, 6.45) is 4.83. The summed E-state index contributed by atoms with van der Waals surface area (Å²) in [7, 11) is 0. The zero-order valence-corrected chi connectivity index (χ0v) is 7.77. The summed E-state index contributed by atoms with van der Waals surface area (Å²) in [5, 5.41) is 0. The van der Waals surface area contributed by atoms with Crippen molar-refractivity contribution in [2.45, 2.75) is 25.9 Å². The van der Waals surface area contributed by atoms with Gasteiger partial charge in [0, 0.05) is 19.8 Å². The maximum atomic E-state index is 11.2. The molecule has 0 atom stereocenters. The highest BCUT2D eigenvalue weighted by molar-refractivity contribution is 6.61. The van der Waals surface area contributed by atoms with Gasteiger partial charge in [-0.25, -0.2) is 4.79 Å². The number of hydrogen-bond donors (Lipinski definition) is 0. The molecule has 0 saturated heterocycles. The van der Waals surface area contributed by atoms with Crippen LogP contribution < -0.4 is 0 Å². The fraction of sp³-hybridized carbons (Fsp3) is 0.444. The number of Topliss-reactive ketones (excluding diaryl/α,β-unsaturated/α-hetero) is 1. The van der Waals surface area contributed by atoms with Gasteiger partial charge in [0.2, 0.25) is 5.78 Å². The number of ketones is 1. The Balaban J connectivity index is 2.57. The molecule has 0 unspecified atom stereocenters. The molecule has 0 heterocycles. The van der Waals surface area contributed by atoms with E-state index >= 15 is 0 Å². The van der Waals surface area contributed by atoms with E-state index in [0.717, 1.165) is 6.92 Å². The van der Waals surface area contributed by atoms with E-state index in [4.69, 9.17) is 10.3 Å². The average molecular weight is 194 g/mol. The molecule has 74 valence electrons. The highest BCUT2D eigenvalue weighted by atomic mass is 16.5. The quantitative estimate of drug-likeness (QED) is 0.164. The predicted octanol–water partition coefficient (Wildman–Crippen LogP) is 0.508. The van der Waals surface area contributed by atoms with E-state index in [0.29, 0.717) is 12.8 Å². The Bertz CT molecular complexity index is 332. The Kier molecular flexibility index (Phi) is 3.31. The van der Waals surface area contributed by atoms with E-state index in [9.17, 15) is 9.59 Å². The van der Waals surface area contributed by atoms with E-state index in [1.807, 2.05) is 12.2 Å². The third-order valence-electron chi connectivity index (χ3n) is 1.87. The van der Waals surface area contributed by atoms with Crippen LogP contribution in [-0.4, -0.2) is 28.4 Å². The first-order valence-corrected chi connectivity index (χ1v) is 4.24. The molecule has 0 fully saturated rings. The molecule has 0 aliphatic heterocycles. The van der Waals surface area contributed by atoms with Gasteiger partial charge in [-0.2, -0.15) is 4.79 Å². The van der Waals surface area contributed by atoms with E-state index in [1.165, 1.54) is 0 Å². The minimum absolute atomic E-state index is 0.237. The van der Waals surface area contributed by atoms with Crippen LogP contribution in [0.2, 0.25) is 0 Å². The first-order valence-electron chi connectivity index (χ1n) is 4.24. The number of nitrogens with zero attached hydrogens (tertiary/aromatic N) is 2. The lowest BCUT2D eigenvalue weighted by Crippen LogP contribution is -2.28. The van der Waals surface area contributed by atoms with Crippen molar-refractivity contribution >= 4 is 17.5 Å². The van der Waals surface area contributed by atoms with E-state index in [1.54, 1.807) is 0 Å². The van der Waals surface area contributed by atoms with Gasteiger partial charge in [0.25, 0.3) is 0 Å². The van der Waals surface area contributed by atoms with Crippen LogP contribution in [0, 0.1) is 0 Å². The van der Waals surface area contributed by atoms with Gasteiger partial charge in [-0.3, -0.25) is 4.79 Å². The van der Waals surface area contributed by atoms with Gasteiger partial charge in [-0.05, 0) is 0 Å². The molecular weight excluding hydrogens is 184 g/mol. The molecule has 0 radical (unpaired) electrons. The molecule has 5 nitrogen and oxygen atoms in total. The Labute approximate surface area is 81.0 Å². The molecule has 0 spiro atoms. The summed E-state index contributed by atoms with van der Waals surface area (Å²) in [6, 6.07) is 0. The van der Waals surface area contributed by atoms with Crippen LogP contribution in [0.3, 0.4) is 0 Å². The highest BCUT2D eigenvalue weighted by Crippen LogP contribution is 2.13. The van der Waals surface area contributed by atoms with Crippen molar-refractivity contribution in [3.05, 3.63) is 17.7 Å². The van der Waals surface area contributed by atoms with Crippen molar-refractivity contribution in [1.82, 2.24) is 0 Å². The van der Waals surface area contributed by atoms with Crippen LogP contribution in [0.15, 0.2) is 12.2 Å². The Morgan fingerprint density at radius 3 is 2.43 bits per heavy atom. The molecule has 0 aromatic heterocycles. The first-order chi connectivity index (χ1) is 6.65. The van der Waals surface area contributed by atoms with Crippen LogP contribution in [0.1, 0.15) is 19.8 Å². The average Bonchev–Trinajstić information content (AvgIpc) is 2.57. The van der Waals surface area contributed by atoms with Crippen molar-refractivity contribution in [1.29, 1.82) is 0 Å². The molecule has 0 N–H and O–H groups in total. The largest absolute Gasteiger partial charge is 0.453 e. The van der Waals surface area contributed by atoms with Crippen molar-refractivity contribution in [3.8, 4) is 0 Å². The number of rotatable bonds is 3. The summed E-state index contributed by atoms with van der Waals surface area (Å²) in [5.41, 5.74) is 7.83. The first kappa shape index (κ1) is 10.3. The van der Waals surface area contributed by atoms with Crippen molar-refractivity contribution in [2.75, 3.05) is 0 Å². The van der Waals surface area contributed by atoms with Crippen LogP contribution in [0.5, 0.6) is 0 Å². The Morgan fingerprint density at radius 1 is 1.43 bits per heavy atom. The summed E-state index contributed by atoms with van der Waals surface area (Å²) in [5.74, 6) is -1.47. The summed E-state index contributed by atoms with van der Waals surface area (Å²) in [6.45, 7) is 1.14. The normalized spacial score (nSPS) is 14.9. The molecule has 1 aliphatic carbocycles. The van der Waals surface area contributed by atoms with Gasteiger partial charge < -0.3 is 10.3 Å². The summed E-state index contributed by atoms with van der Waals surface area (Å²) in [4.78, 5) is 24.6. The van der Waals surface area contributed by atoms with Crippen LogP contribution >= 0.6 is 0 Å². The molecule has 5 heteroatoms. The number of esters is 1. The number of carbonyl (C=O) groups excluding carboxylic acids is 2. The summed E-state index contributed by atoms with van der Waals surface area (Å²) >= 11 is 0. The fourth-order valence-corrected chi connectivity index (χ4v) is 1.15. The lowest BCUT2D eigenvalue weighted by atomic mass is 10.2. The van der Waals surface area contributed by atoms with Crippen LogP contribution in [0.4, 0.5) is 0 Å². The zero-order valence-electron chi connectivity index (χ0n) is 7.77. The van der Waals surface area contributed by atoms with Gasteiger partial charge in [0.15, 0.2) is 0 Å². The predicted molar refractivity (Wildman–Crippen MR) is 47.6 cm³/mol. The second-order valence-electron chi connectivity index (χ2n) is 2.97. The van der Waals surface area contributed by atoms with E-state index < -0.39 is 17.5 Å². The van der Waals surface area contributed by atoms with Crippen molar-refractivity contribution < 1.29 is 19.1 Å². The minimum atomic E-state index is -0.867. The highest BCUT2D eigenvalue weighted by Gasteiger charge is 2.30. The number of ether oxygens (including phenoxy) is 1. The molecule has 0 aromatic rings. The van der Waals surface area contributed by atoms with Gasteiger partial charge >= 0.3 is 11.7 Å². The molecule has 1 rings (SSSR count). The second-order valence-corrected chi connectivity index (χ2v) is 2.97. The van der Waals surface area contributed by atoms with Crippen LogP contribution in [-0.2, 0) is 14.3 Å². The zero-order chi connectivity index (χ0) is 10.6. The number of hydrogen-bond acceptors (Lipinski definition) is 3. The van der Waals surface area contributed by atoms with Crippen LogP contribution in [0.25, 0.3) is 5.53 Å². The standard InChI is InChI=1S/C9H10N2O3/c1-6(12)8(11-10)9(13)14-7-4-2-3-5-7/h2-3,7H,4-5H2,1H3. The lowest BCUT2D eigenvalue weighted by molar-refractivity contribution is -0.146. The topological polar surface area (TPSA) is 79.8 Å². The second kappa shape index (κ2) is 4.48. The molecule has 0 saturated carbocycles. The molecule has 0 bridgehead atoms. The Morgan fingerprint density at radius 2 is 2.00 bits per heavy atom. The van der Waals surface area contributed by atoms with Gasteiger partial charge in [0.1, 0.15) is 6.10 Å². The Hall–Kier alpha value is -1.74. The van der Waals surface area contributed by atoms with E-state index in [-0.39, 0.29) is 6.10 Å². The molecule has 0 aromatic carbocycles. The molecular formula is C9H10N2O3. The van der Waals surface area contributed by atoms with Gasteiger partial charge in [0.05, 0.1) is 0 Å². The smallest absolute Gasteiger partial charge is 0.441 e. The SMILES string of the molecule is CC(=O)C(=[N+]=[N-])C(=O)OC1CC=CC1. The van der Waals surface area contributed by atoms with Crippen molar-refractivity contribution in [3.63, 3.8) is 0 Å². The summed E-state index contributed by atoms with van der Waals surface area (Å²) < 4.78 is 4.91. The van der Waals surface area contributed by atoms with Gasteiger partial charge in [-0.1, -0.05) is 12.2 Å². The minimum Gasteiger partial charge on any atom is -0.453 e. The lowest BCUT2D eigenvalue weighted by Gasteiger charge is -2.07. The monoisotopic (exact) mass is 194 g/mol. The maximum Gasteiger partial charge on any atom is 0.441 e. The van der Waals surface area contributed by atoms with Gasteiger partial charge in [-0.15, -0.1) is 0 Å². The molecule has 0 amide bonds. The molecule has 14 heavy (non-hydrogen) atoms.